The first-order valence-electron chi connectivity index (χ1n) is 4.27. The molecule has 0 spiro atoms. The van der Waals surface area contributed by atoms with Crippen LogP contribution in [0.5, 0.6) is 0 Å². The van der Waals surface area contributed by atoms with Crippen molar-refractivity contribution in [1.82, 2.24) is 0 Å². The van der Waals surface area contributed by atoms with Crippen molar-refractivity contribution in [3.05, 3.63) is 24.3 Å². The number of carbonyl (C=O) groups is 3. The molecular formula is C9H11NaO8S. The normalized spacial score (nSPS) is 9.79. The number of rotatable bonds is 4. The van der Waals surface area contributed by atoms with Crippen LogP contribution >= 0.6 is 0 Å². The predicted molar refractivity (Wildman–Crippen MR) is 58.5 cm³/mol. The first-order valence-corrected chi connectivity index (χ1v) is 5.68. The third-order valence-electron chi connectivity index (χ3n) is 1.22. The van der Waals surface area contributed by atoms with Gasteiger partial charge in [0, 0.05) is 5.57 Å². The van der Waals surface area contributed by atoms with E-state index in [-0.39, 0.29) is 35.1 Å². The zero-order valence-electron chi connectivity index (χ0n) is 10.3. The van der Waals surface area contributed by atoms with Crippen molar-refractivity contribution >= 4 is 27.2 Å². The van der Waals surface area contributed by atoms with Crippen LogP contribution in [-0.4, -0.2) is 40.2 Å². The Labute approximate surface area is 131 Å². The van der Waals surface area contributed by atoms with Gasteiger partial charge in [-0.1, -0.05) is 12.7 Å². The molecule has 0 radical (unpaired) electrons. The molecule has 102 valence electrons. The maximum absolute atomic E-state index is 10.1. The first kappa shape index (κ1) is 23.1. The molecule has 0 saturated heterocycles. The maximum Gasteiger partial charge on any atom is 1.00 e. The zero-order valence-corrected chi connectivity index (χ0v) is 13.1. The number of carboxylic acid groups (broad SMARTS) is 2. The van der Waals surface area contributed by atoms with Crippen molar-refractivity contribution in [2.24, 2.45) is 0 Å². The van der Waals surface area contributed by atoms with E-state index in [9.17, 15) is 27.4 Å². The summed E-state index contributed by atoms with van der Waals surface area (Å²) >= 11 is 0. The molecule has 0 aliphatic carbocycles. The standard InChI is InChI=1S/C5H6O4.C4H6O4S.Na/c1-3(5(8)9)2-4(6)7;1-2-3-4(5)9(6,7)8;/h1-2H2,(H,6,7)(H,8,9);2-3H,1H3,(H,6,7,8);/q;;+1/p-1. The van der Waals surface area contributed by atoms with Crippen molar-refractivity contribution in [3.8, 4) is 0 Å². The van der Waals surface area contributed by atoms with Gasteiger partial charge in [0.15, 0.2) is 10.1 Å². The van der Waals surface area contributed by atoms with Gasteiger partial charge in [0.25, 0.3) is 5.12 Å². The molecule has 0 aliphatic heterocycles. The second-order valence-electron chi connectivity index (χ2n) is 2.75. The van der Waals surface area contributed by atoms with Crippen LogP contribution in [0.2, 0.25) is 0 Å². The van der Waals surface area contributed by atoms with Crippen molar-refractivity contribution < 1.29 is 67.1 Å². The second-order valence-corrected chi connectivity index (χ2v) is 4.06. The second kappa shape index (κ2) is 10.9. The summed E-state index contributed by atoms with van der Waals surface area (Å²) in [5, 5.41) is 14.7. The molecule has 0 heterocycles. The summed E-state index contributed by atoms with van der Waals surface area (Å²) in [7, 11) is -4.74. The van der Waals surface area contributed by atoms with E-state index in [0.29, 0.717) is 6.08 Å². The average molecular weight is 302 g/mol. The van der Waals surface area contributed by atoms with Gasteiger partial charge in [0.1, 0.15) is 0 Å². The quantitative estimate of drug-likeness (QED) is 0.312. The number of allylic oxidation sites excluding steroid dienone is 1. The minimum absolute atomic E-state index is 0. The fourth-order valence-electron chi connectivity index (χ4n) is 0.478. The third-order valence-corrected chi connectivity index (χ3v) is 1.85. The molecule has 8 nitrogen and oxygen atoms in total. The summed E-state index contributed by atoms with van der Waals surface area (Å²) in [6.07, 6.45) is 1.40. The average Bonchev–Trinajstić information content (AvgIpc) is 2.16. The summed E-state index contributed by atoms with van der Waals surface area (Å²) in [5.74, 6) is -2.44. The molecule has 19 heavy (non-hydrogen) atoms. The van der Waals surface area contributed by atoms with Crippen LogP contribution in [-0.2, 0) is 24.5 Å². The Morgan fingerprint density at radius 2 is 1.68 bits per heavy atom. The topological polar surface area (TPSA) is 149 Å². The smallest absolute Gasteiger partial charge is 0.742 e. The predicted octanol–water partition coefficient (Wildman–Crippen LogP) is -3.26. The summed E-state index contributed by atoms with van der Waals surface area (Å²) in [6, 6.07) is 0. The van der Waals surface area contributed by atoms with Crippen LogP contribution in [0.25, 0.3) is 0 Å². The molecule has 0 atom stereocenters. The van der Waals surface area contributed by atoms with Crippen molar-refractivity contribution in [3.63, 3.8) is 0 Å². The number of hydrogen-bond acceptors (Lipinski definition) is 6. The van der Waals surface area contributed by atoms with Gasteiger partial charge in [-0.25, -0.2) is 13.2 Å². The summed E-state index contributed by atoms with van der Waals surface area (Å²) < 4.78 is 29.3. The van der Waals surface area contributed by atoms with Gasteiger partial charge < -0.3 is 14.8 Å². The molecule has 0 fully saturated rings. The SMILES string of the molecule is C=C(CC(=O)O)C(=O)O.CC=CC(=O)S(=O)(=O)[O-].[Na+]. The van der Waals surface area contributed by atoms with E-state index in [4.69, 9.17) is 10.2 Å². The van der Waals surface area contributed by atoms with Crippen molar-refractivity contribution in [1.29, 1.82) is 0 Å². The maximum atomic E-state index is 10.1. The minimum Gasteiger partial charge on any atom is -0.742 e. The van der Waals surface area contributed by atoms with Crippen LogP contribution in [0.4, 0.5) is 0 Å². The van der Waals surface area contributed by atoms with Crippen molar-refractivity contribution in [2.45, 2.75) is 13.3 Å². The van der Waals surface area contributed by atoms with Crippen LogP contribution < -0.4 is 29.6 Å². The number of carboxylic acids is 2. The van der Waals surface area contributed by atoms with Crippen molar-refractivity contribution in [2.75, 3.05) is 0 Å². The Morgan fingerprint density at radius 1 is 1.26 bits per heavy atom. The molecule has 0 unspecified atom stereocenters. The van der Waals surface area contributed by atoms with Gasteiger partial charge in [-0.05, 0) is 13.0 Å². The summed E-state index contributed by atoms with van der Waals surface area (Å²) in [5.41, 5.74) is -0.303. The Bertz CT molecular complexity index is 476. The van der Waals surface area contributed by atoms with E-state index in [1.807, 2.05) is 0 Å². The van der Waals surface area contributed by atoms with E-state index in [1.54, 1.807) is 0 Å². The van der Waals surface area contributed by atoms with E-state index in [0.717, 1.165) is 0 Å². The van der Waals surface area contributed by atoms with Crippen LogP contribution in [0.1, 0.15) is 13.3 Å². The van der Waals surface area contributed by atoms with Gasteiger partial charge in [0.2, 0.25) is 0 Å². The molecule has 0 aromatic heterocycles. The van der Waals surface area contributed by atoms with E-state index in [1.165, 1.54) is 13.0 Å². The number of aliphatic carboxylic acids is 2. The van der Waals surface area contributed by atoms with Gasteiger partial charge in [0.05, 0.1) is 6.42 Å². The van der Waals surface area contributed by atoms with Gasteiger partial charge in [-0.3, -0.25) is 9.59 Å². The first-order chi connectivity index (χ1) is 8.02. The van der Waals surface area contributed by atoms with E-state index >= 15 is 0 Å². The fraction of sp³-hybridized carbons (Fsp3) is 0.222. The number of carbonyl (C=O) groups excluding carboxylic acids is 1. The molecule has 0 aromatic rings. The monoisotopic (exact) mass is 302 g/mol. The molecule has 0 saturated carbocycles. The Morgan fingerprint density at radius 3 is 1.79 bits per heavy atom. The fourth-order valence-corrected chi connectivity index (χ4v) is 0.780. The summed E-state index contributed by atoms with van der Waals surface area (Å²) in [6.45, 7) is 4.46. The van der Waals surface area contributed by atoms with Crippen LogP contribution in [0, 0.1) is 0 Å². The molecule has 10 heteroatoms. The minimum atomic E-state index is -4.74. The molecular weight excluding hydrogens is 291 g/mol. The molecule has 0 amide bonds. The van der Waals surface area contributed by atoms with E-state index < -0.39 is 33.6 Å². The Kier molecular flexibility index (Phi) is 13.2. The van der Waals surface area contributed by atoms with Gasteiger partial charge >= 0.3 is 41.5 Å². The molecule has 0 rings (SSSR count). The van der Waals surface area contributed by atoms with Gasteiger partial charge in [-0.2, -0.15) is 0 Å². The largest absolute Gasteiger partial charge is 1.00 e. The zero-order chi connectivity index (χ0) is 14.9. The molecule has 0 aliphatic rings. The molecule has 2 N–H and O–H groups in total. The molecule has 0 aromatic carbocycles. The summed E-state index contributed by atoms with van der Waals surface area (Å²) in [4.78, 5) is 29.7. The van der Waals surface area contributed by atoms with Gasteiger partial charge in [-0.15, -0.1) is 0 Å². The van der Waals surface area contributed by atoms with E-state index in [2.05, 4.69) is 6.58 Å². The molecule has 0 bridgehead atoms. The van der Waals surface area contributed by atoms with Crippen LogP contribution in [0.3, 0.4) is 0 Å². The Balaban J connectivity index is -0.000000256. The van der Waals surface area contributed by atoms with Crippen LogP contribution in [0.15, 0.2) is 24.3 Å². The number of hydrogen-bond donors (Lipinski definition) is 2. The third kappa shape index (κ3) is 14.9. The Hall–Kier alpha value is -1.00.